The summed E-state index contributed by atoms with van der Waals surface area (Å²) in [4.78, 5) is 24.7. The van der Waals surface area contributed by atoms with Crippen LogP contribution in [0, 0.1) is 10.1 Å². The summed E-state index contributed by atoms with van der Waals surface area (Å²) in [6, 6.07) is 3.92. The maximum absolute atomic E-state index is 10.8. The van der Waals surface area contributed by atoms with E-state index in [0.29, 0.717) is 5.69 Å². The Balaban J connectivity index is 2.43. The number of thiophene rings is 1. The van der Waals surface area contributed by atoms with E-state index in [1.165, 1.54) is 11.3 Å². The Morgan fingerprint density at radius 1 is 1.44 bits per heavy atom. The molecule has 2 aromatic rings. The third-order valence-electron chi connectivity index (χ3n) is 2.07. The molecule has 0 saturated heterocycles. The summed E-state index contributed by atoms with van der Waals surface area (Å²) in [6.45, 7) is 0. The number of nitro groups is 1. The zero-order valence-electron chi connectivity index (χ0n) is 8.86. The second-order valence-corrected chi connectivity index (χ2v) is 4.04. The van der Waals surface area contributed by atoms with Crippen molar-refractivity contribution < 1.29 is 14.8 Å². The van der Waals surface area contributed by atoms with Crippen LogP contribution in [0.1, 0.15) is 10.5 Å². The minimum atomic E-state index is -1.24. The van der Waals surface area contributed by atoms with Gasteiger partial charge in [0.25, 0.3) is 0 Å². The summed E-state index contributed by atoms with van der Waals surface area (Å²) < 4.78 is 0. The second-order valence-electron chi connectivity index (χ2n) is 3.26. The van der Waals surface area contributed by atoms with E-state index in [2.05, 4.69) is 10.3 Å². The smallest absolute Gasteiger partial charge is 0.354 e. The summed E-state index contributed by atoms with van der Waals surface area (Å²) in [5, 5.41) is 25.9. The lowest BCUT2D eigenvalue weighted by atomic mass is 10.3. The molecule has 2 heterocycles. The Labute approximate surface area is 105 Å². The summed E-state index contributed by atoms with van der Waals surface area (Å²) in [7, 11) is 0. The van der Waals surface area contributed by atoms with Gasteiger partial charge < -0.3 is 10.4 Å². The molecule has 2 rings (SSSR count). The van der Waals surface area contributed by atoms with Gasteiger partial charge in [0.15, 0.2) is 5.69 Å². The Morgan fingerprint density at radius 2 is 2.22 bits per heavy atom. The molecule has 2 N–H and O–H groups in total. The molecule has 0 aliphatic heterocycles. The van der Waals surface area contributed by atoms with Crippen LogP contribution in [0.25, 0.3) is 0 Å². The summed E-state index contributed by atoms with van der Waals surface area (Å²) in [5.74, 6) is -1.32. The third kappa shape index (κ3) is 2.43. The predicted octanol–water partition coefficient (Wildman–Crippen LogP) is 2.49. The van der Waals surface area contributed by atoms with Gasteiger partial charge in [0, 0.05) is 11.4 Å². The highest BCUT2D eigenvalue weighted by molar-refractivity contribution is 7.08. The number of carbonyl (C=O) groups is 1. The van der Waals surface area contributed by atoms with Gasteiger partial charge in [-0.05, 0) is 17.5 Å². The maximum Gasteiger partial charge on any atom is 0.354 e. The van der Waals surface area contributed by atoms with Crippen LogP contribution in [0.5, 0.6) is 0 Å². The van der Waals surface area contributed by atoms with Gasteiger partial charge in [-0.2, -0.15) is 11.3 Å². The highest BCUT2D eigenvalue weighted by Gasteiger charge is 2.18. The predicted molar refractivity (Wildman–Crippen MR) is 65.5 cm³/mol. The number of nitrogens with zero attached hydrogens (tertiary/aromatic N) is 2. The first-order valence-electron chi connectivity index (χ1n) is 4.76. The van der Waals surface area contributed by atoms with Crippen molar-refractivity contribution in [3.8, 4) is 0 Å². The van der Waals surface area contributed by atoms with Crippen molar-refractivity contribution in [1.29, 1.82) is 0 Å². The number of pyridine rings is 1. The quantitative estimate of drug-likeness (QED) is 0.649. The van der Waals surface area contributed by atoms with E-state index >= 15 is 0 Å². The van der Waals surface area contributed by atoms with E-state index in [-0.39, 0.29) is 17.2 Å². The second kappa shape index (κ2) is 4.80. The highest BCUT2D eigenvalue weighted by atomic mass is 32.1. The Morgan fingerprint density at radius 3 is 2.78 bits per heavy atom. The van der Waals surface area contributed by atoms with Gasteiger partial charge in [0.1, 0.15) is 0 Å². The van der Waals surface area contributed by atoms with Crippen molar-refractivity contribution in [3.63, 3.8) is 0 Å². The molecule has 2 aromatic heterocycles. The molecular weight excluding hydrogens is 258 g/mol. The minimum absolute atomic E-state index is 0.0849. The maximum atomic E-state index is 10.8. The van der Waals surface area contributed by atoms with Crippen LogP contribution >= 0.6 is 11.3 Å². The average molecular weight is 265 g/mol. The first kappa shape index (κ1) is 12.0. The largest absolute Gasteiger partial charge is 0.477 e. The van der Waals surface area contributed by atoms with E-state index in [1.54, 1.807) is 16.8 Å². The topological polar surface area (TPSA) is 105 Å². The van der Waals surface area contributed by atoms with Crippen LogP contribution in [-0.2, 0) is 0 Å². The minimum Gasteiger partial charge on any atom is -0.477 e. The molecule has 0 radical (unpaired) electrons. The summed E-state index contributed by atoms with van der Waals surface area (Å²) in [6.07, 6.45) is 0. The van der Waals surface area contributed by atoms with Crippen molar-refractivity contribution in [2.24, 2.45) is 0 Å². The van der Waals surface area contributed by atoms with Gasteiger partial charge in [-0.25, -0.2) is 9.78 Å². The van der Waals surface area contributed by atoms with E-state index < -0.39 is 10.9 Å². The van der Waals surface area contributed by atoms with Crippen LogP contribution in [0.15, 0.2) is 29.0 Å². The molecule has 0 spiro atoms. The number of anilines is 2. The molecular formula is C10H7N3O4S. The number of hydrogen-bond donors (Lipinski definition) is 2. The third-order valence-corrected chi connectivity index (χ3v) is 2.76. The van der Waals surface area contributed by atoms with Crippen LogP contribution in [0.4, 0.5) is 17.2 Å². The fourth-order valence-corrected chi connectivity index (χ4v) is 1.87. The van der Waals surface area contributed by atoms with Crippen molar-refractivity contribution in [2.45, 2.75) is 0 Å². The van der Waals surface area contributed by atoms with Crippen molar-refractivity contribution in [3.05, 3.63) is 44.8 Å². The molecule has 0 unspecified atom stereocenters. The zero-order valence-corrected chi connectivity index (χ0v) is 9.68. The van der Waals surface area contributed by atoms with Gasteiger partial charge in [-0.1, -0.05) is 0 Å². The number of rotatable bonds is 4. The lowest BCUT2D eigenvalue weighted by Crippen LogP contribution is -2.05. The fraction of sp³-hybridized carbons (Fsp3) is 0. The van der Waals surface area contributed by atoms with E-state index in [1.807, 2.05) is 0 Å². The van der Waals surface area contributed by atoms with E-state index in [0.717, 1.165) is 12.1 Å². The number of carboxylic acid groups (broad SMARTS) is 1. The highest BCUT2D eigenvalue weighted by Crippen LogP contribution is 2.26. The first-order valence-corrected chi connectivity index (χ1v) is 5.70. The Bertz CT molecular complexity index is 597. The number of aromatic nitrogens is 1. The average Bonchev–Trinajstić information content (AvgIpc) is 2.81. The molecule has 7 nitrogen and oxygen atoms in total. The van der Waals surface area contributed by atoms with Gasteiger partial charge in [-0.3, -0.25) is 10.1 Å². The van der Waals surface area contributed by atoms with Gasteiger partial charge in [0.2, 0.25) is 5.82 Å². The van der Waals surface area contributed by atoms with Crippen LogP contribution in [0.3, 0.4) is 0 Å². The van der Waals surface area contributed by atoms with Gasteiger partial charge in [0.05, 0.1) is 10.6 Å². The molecule has 0 aliphatic rings. The molecule has 0 aliphatic carbocycles. The number of nitrogens with one attached hydrogen (secondary N) is 1. The Kier molecular flexibility index (Phi) is 3.20. The van der Waals surface area contributed by atoms with Gasteiger partial charge in [-0.15, -0.1) is 0 Å². The molecule has 0 bridgehead atoms. The molecule has 0 atom stereocenters. The molecule has 8 heteroatoms. The standard InChI is InChI=1S/C10H7N3O4S/c14-10(15)7-1-2-8(13(16)17)9(12-7)11-6-3-4-18-5-6/h1-5H,(H,11,12)(H,14,15). The summed E-state index contributed by atoms with van der Waals surface area (Å²) >= 11 is 1.41. The zero-order chi connectivity index (χ0) is 13.1. The fourth-order valence-electron chi connectivity index (χ4n) is 1.28. The van der Waals surface area contributed by atoms with Crippen molar-refractivity contribution in [1.82, 2.24) is 4.98 Å². The molecule has 0 fully saturated rings. The van der Waals surface area contributed by atoms with Crippen LogP contribution in [0.2, 0.25) is 0 Å². The van der Waals surface area contributed by atoms with Crippen LogP contribution in [-0.4, -0.2) is 21.0 Å². The molecule has 92 valence electrons. The molecule has 0 saturated carbocycles. The normalized spacial score (nSPS) is 10.0. The number of aromatic carboxylic acids is 1. The number of carboxylic acids is 1. The summed E-state index contributed by atoms with van der Waals surface area (Å²) in [5.41, 5.74) is 0.0997. The monoisotopic (exact) mass is 265 g/mol. The SMILES string of the molecule is O=C(O)c1ccc([N+](=O)[O-])c(Nc2ccsc2)n1. The Hall–Kier alpha value is -2.48. The van der Waals surface area contributed by atoms with Crippen LogP contribution < -0.4 is 5.32 Å². The number of hydrogen-bond acceptors (Lipinski definition) is 6. The van der Waals surface area contributed by atoms with Crippen molar-refractivity contribution >= 4 is 34.5 Å². The van der Waals surface area contributed by atoms with Gasteiger partial charge >= 0.3 is 11.7 Å². The first-order chi connectivity index (χ1) is 8.58. The lowest BCUT2D eigenvalue weighted by Gasteiger charge is -2.04. The van der Waals surface area contributed by atoms with E-state index in [9.17, 15) is 14.9 Å². The molecule has 0 amide bonds. The van der Waals surface area contributed by atoms with E-state index in [4.69, 9.17) is 5.11 Å². The molecule has 0 aromatic carbocycles. The molecule has 18 heavy (non-hydrogen) atoms. The lowest BCUT2D eigenvalue weighted by molar-refractivity contribution is -0.384. The van der Waals surface area contributed by atoms with Crippen molar-refractivity contribution in [2.75, 3.05) is 5.32 Å².